The van der Waals surface area contributed by atoms with Gasteiger partial charge in [-0.1, -0.05) is 11.6 Å². The Labute approximate surface area is 67.1 Å². The van der Waals surface area contributed by atoms with Gasteiger partial charge in [-0.25, -0.2) is 4.79 Å². The highest BCUT2D eigenvalue weighted by Gasteiger charge is 2.11. The molecule has 0 atom stereocenters. The number of aromatic carboxylic acids is 1. The first-order valence-electron chi connectivity index (χ1n) is 2.60. The minimum absolute atomic E-state index is 0.324. The Morgan fingerprint density at radius 3 is 2.60 bits per heavy atom. The van der Waals surface area contributed by atoms with Gasteiger partial charge >= 0.3 is 5.97 Å². The largest absolute Gasteiger partial charge is 0.477 e. The second-order valence-electron chi connectivity index (χ2n) is 1.84. The topological polar surface area (TPSA) is 37.3 Å². The van der Waals surface area contributed by atoms with E-state index in [-0.39, 0.29) is 0 Å². The van der Waals surface area contributed by atoms with E-state index in [1.54, 1.807) is 12.3 Å². The van der Waals surface area contributed by atoms with Crippen LogP contribution < -0.4 is 0 Å². The smallest absolute Gasteiger partial charge is 0.346 e. The zero-order chi connectivity index (χ0) is 7.72. The lowest BCUT2D eigenvalue weighted by Gasteiger charge is -1.88. The number of carbonyl (C=O) groups is 1. The Balaban J connectivity index is 3.17. The van der Waals surface area contributed by atoms with E-state index in [0.717, 1.165) is 11.3 Å². The summed E-state index contributed by atoms with van der Waals surface area (Å²) >= 11 is 6.77. The number of thiophene rings is 1. The standard InChI is InChI=1S/C6H5ClO2S/c1-3-4(7)2-10-5(3)6(8)9/h2H,1H3,(H,8,9). The molecule has 1 heterocycles. The maximum Gasteiger partial charge on any atom is 0.346 e. The van der Waals surface area contributed by atoms with Crippen molar-refractivity contribution in [1.82, 2.24) is 0 Å². The van der Waals surface area contributed by atoms with Gasteiger partial charge in [-0.15, -0.1) is 11.3 Å². The summed E-state index contributed by atoms with van der Waals surface area (Å²) in [5, 5.41) is 10.7. The summed E-state index contributed by atoms with van der Waals surface area (Å²) in [6.07, 6.45) is 0. The van der Waals surface area contributed by atoms with E-state index in [9.17, 15) is 4.79 Å². The third kappa shape index (κ3) is 1.15. The van der Waals surface area contributed by atoms with Crippen molar-refractivity contribution >= 4 is 28.9 Å². The first-order valence-corrected chi connectivity index (χ1v) is 3.85. The van der Waals surface area contributed by atoms with Gasteiger partial charge in [-0.3, -0.25) is 0 Å². The van der Waals surface area contributed by atoms with Crippen LogP contribution in [0.3, 0.4) is 0 Å². The molecule has 0 unspecified atom stereocenters. The normalized spacial score (nSPS) is 9.80. The van der Waals surface area contributed by atoms with Crippen molar-refractivity contribution in [2.75, 3.05) is 0 Å². The van der Waals surface area contributed by atoms with E-state index < -0.39 is 5.97 Å². The molecule has 0 aliphatic carbocycles. The molecule has 0 amide bonds. The molecule has 0 fully saturated rings. The molecule has 1 N–H and O–H groups in total. The molecule has 4 heteroatoms. The fourth-order valence-electron chi connectivity index (χ4n) is 0.607. The summed E-state index contributed by atoms with van der Waals surface area (Å²) in [5.41, 5.74) is 0.652. The predicted octanol–water partition coefficient (Wildman–Crippen LogP) is 2.41. The van der Waals surface area contributed by atoms with Gasteiger partial charge in [0, 0.05) is 5.38 Å². The first-order chi connectivity index (χ1) is 4.63. The van der Waals surface area contributed by atoms with Gasteiger partial charge in [-0.2, -0.15) is 0 Å². The molecule has 0 spiro atoms. The lowest BCUT2D eigenvalue weighted by molar-refractivity contribution is 0.0701. The molecule has 0 radical (unpaired) electrons. The second kappa shape index (κ2) is 2.60. The third-order valence-electron chi connectivity index (χ3n) is 1.17. The Morgan fingerprint density at radius 1 is 1.80 bits per heavy atom. The highest BCUT2D eigenvalue weighted by molar-refractivity contribution is 7.12. The number of carboxylic acids is 1. The molecule has 0 saturated heterocycles. The van der Waals surface area contributed by atoms with Gasteiger partial charge in [0.05, 0.1) is 5.02 Å². The van der Waals surface area contributed by atoms with Crippen LogP contribution in [0.5, 0.6) is 0 Å². The van der Waals surface area contributed by atoms with Crippen molar-refractivity contribution in [3.8, 4) is 0 Å². The van der Waals surface area contributed by atoms with Crippen molar-refractivity contribution in [3.05, 3.63) is 20.8 Å². The summed E-state index contributed by atoms with van der Waals surface area (Å²) in [5.74, 6) is -0.908. The molecule has 1 aromatic rings. The zero-order valence-electron chi connectivity index (χ0n) is 5.22. The predicted molar refractivity (Wildman–Crippen MR) is 41.0 cm³/mol. The molecule has 1 rings (SSSR count). The van der Waals surface area contributed by atoms with Crippen LogP contribution in [0.2, 0.25) is 5.02 Å². The van der Waals surface area contributed by atoms with Gasteiger partial charge in [0.1, 0.15) is 4.88 Å². The monoisotopic (exact) mass is 176 g/mol. The second-order valence-corrected chi connectivity index (χ2v) is 3.13. The van der Waals surface area contributed by atoms with Crippen LogP contribution in [-0.4, -0.2) is 11.1 Å². The van der Waals surface area contributed by atoms with Crippen LogP contribution in [0.4, 0.5) is 0 Å². The van der Waals surface area contributed by atoms with Crippen LogP contribution in [0.1, 0.15) is 15.2 Å². The zero-order valence-corrected chi connectivity index (χ0v) is 6.79. The average Bonchev–Trinajstić information content (AvgIpc) is 2.14. The maximum atomic E-state index is 10.4. The fourth-order valence-corrected chi connectivity index (χ4v) is 1.68. The van der Waals surface area contributed by atoms with E-state index in [1.165, 1.54) is 0 Å². The van der Waals surface area contributed by atoms with Gasteiger partial charge in [-0.05, 0) is 12.5 Å². The molecule has 0 aromatic carbocycles. The van der Waals surface area contributed by atoms with E-state index in [4.69, 9.17) is 16.7 Å². The molecular weight excluding hydrogens is 172 g/mol. The average molecular weight is 177 g/mol. The van der Waals surface area contributed by atoms with Crippen molar-refractivity contribution in [2.24, 2.45) is 0 Å². The molecule has 54 valence electrons. The van der Waals surface area contributed by atoms with Gasteiger partial charge in [0.15, 0.2) is 0 Å². The highest BCUT2D eigenvalue weighted by atomic mass is 35.5. The van der Waals surface area contributed by atoms with Gasteiger partial charge in [0.2, 0.25) is 0 Å². The molecule has 10 heavy (non-hydrogen) atoms. The lowest BCUT2D eigenvalue weighted by Crippen LogP contribution is -1.93. The lowest BCUT2D eigenvalue weighted by atomic mass is 10.3. The van der Waals surface area contributed by atoms with Crippen LogP contribution >= 0.6 is 22.9 Å². The number of hydrogen-bond donors (Lipinski definition) is 1. The van der Waals surface area contributed by atoms with Gasteiger partial charge in [0.25, 0.3) is 0 Å². The van der Waals surface area contributed by atoms with Gasteiger partial charge < -0.3 is 5.11 Å². The van der Waals surface area contributed by atoms with E-state index in [0.29, 0.717) is 15.5 Å². The summed E-state index contributed by atoms with van der Waals surface area (Å²) in [7, 11) is 0. The summed E-state index contributed by atoms with van der Waals surface area (Å²) in [6.45, 7) is 1.70. The minimum Gasteiger partial charge on any atom is -0.477 e. The van der Waals surface area contributed by atoms with Crippen molar-refractivity contribution in [3.63, 3.8) is 0 Å². The Bertz CT molecular complexity index is 267. The van der Waals surface area contributed by atoms with Crippen molar-refractivity contribution in [1.29, 1.82) is 0 Å². The summed E-state index contributed by atoms with van der Waals surface area (Å²) in [4.78, 5) is 10.7. The van der Waals surface area contributed by atoms with E-state index in [2.05, 4.69) is 0 Å². The molecule has 2 nitrogen and oxygen atoms in total. The fraction of sp³-hybridized carbons (Fsp3) is 0.167. The number of rotatable bonds is 1. The molecule has 1 aromatic heterocycles. The van der Waals surface area contributed by atoms with Crippen LogP contribution in [0.15, 0.2) is 5.38 Å². The molecular formula is C6H5ClO2S. The van der Waals surface area contributed by atoms with E-state index >= 15 is 0 Å². The summed E-state index contributed by atoms with van der Waals surface area (Å²) < 4.78 is 0. The molecule has 0 bridgehead atoms. The van der Waals surface area contributed by atoms with E-state index in [1.807, 2.05) is 0 Å². The number of halogens is 1. The summed E-state index contributed by atoms with van der Waals surface area (Å²) in [6, 6.07) is 0. The first kappa shape index (κ1) is 7.57. The maximum absolute atomic E-state index is 10.4. The molecule has 0 saturated carbocycles. The quantitative estimate of drug-likeness (QED) is 0.714. The molecule has 0 aliphatic rings. The Hall–Kier alpha value is -0.540. The third-order valence-corrected chi connectivity index (χ3v) is 2.77. The van der Waals surface area contributed by atoms with Crippen LogP contribution in [0.25, 0.3) is 0 Å². The minimum atomic E-state index is -0.908. The van der Waals surface area contributed by atoms with Crippen LogP contribution in [-0.2, 0) is 0 Å². The van der Waals surface area contributed by atoms with Crippen molar-refractivity contribution < 1.29 is 9.90 Å². The SMILES string of the molecule is Cc1c(Cl)csc1C(=O)O. The highest BCUT2D eigenvalue weighted by Crippen LogP contribution is 2.25. The Morgan fingerprint density at radius 2 is 2.40 bits per heavy atom. The number of hydrogen-bond acceptors (Lipinski definition) is 2. The number of carboxylic acid groups (broad SMARTS) is 1. The van der Waals surface area contributed by atoms with Crippen LogP contribution in [0, 0.1) is 6.92 Å². The molecule has 0 aliphatic heterocycles. The van der Waals surface area contributed by atoms with Crippen molar-refractivity contribution in [2.45, 2.75) is 6.92 Å². The Kier molecular flexibility index (Phi) is 1.97.